The quantitative estimate of drug-likeness (QED) is 0.776. The minimum absolute atomic E-state index is 0.0971. The van der Waals surface area contributed by atoms with E-state index < -0.39 is 0 Å². The van der Waals surface area contributed by atoms with Crippen LogP contribution >= 0.6 is 0 Å². The van der Waals surface area contributed by atoms with Gasteiger partial charge >= 0.3 is 0 Å². The SMILES string of the molecule is CNC(=O)c1ccc(-n2ccnn2)cc1. The second-order valence-electron chi connectivity index (χ2n) is 2.97. The fourth-order valence-corrected chi connectivity index (χ4v) is 1.26. The van der Waals surface area contributed by atoms with E-state index in [1.54, 1.807) is 36.3 Å². The number of aromatic nitrogens is 3. The van der Waals surface area contributed by atoms with Crippen LogP contribution in [0, 0.1) is 0 Å². The molecular weight excluding hydrogens is 192 g/mol. The summed E-state index contributed by atoms with van der Waals surface area (Å²) in [6, 6.07) is 7.13. The van der Waals surface area contributed by atoms with Crippen LogP contribution in [0.25, 0.3) is 5.69 Å². The molecule has 0 aliphatic heterocycles. The highest BCUT2D eigenvalue weighted by Gasteiger charge is 2.02. The average molecular weight is 202 g/mol. The molecule has 0 bridgehead atoms. The summed E-state index contributed by atoms with van der Waals surface area (Å²) in [5, 5.41) is 10.1. The molecule has 2 rings (SSSR count). The molecule has 0 radical (unpaired) electrons. The predicted molar refractivity (Wildman–Crippen MR) is 54.7 cm³/mol. The van der Waals surface area contributed by atoms with Crippen molar-refractivity contribution in [2.24, 2.45) is 0 Å². The summed E-state index contributed by atoms with van der Waals surface area (Å²) in [6.45, 7) is 0. The van der Waals surface area contributed by atoms with E-state index in [-0.39, 0.29) is 5.91 Å². The molecule has 0 unspecified atom stereocenters. The van der Waals surface area contributed by atoms with Crippen LogP contribution in [-0.2, 0) is 0 Å². The lowest BCUT2D eigenvalue weighted by Gasteiger charge is -2.02. The van der Waals surface area contributed by atoms with E-state index in [0.29, 0.717) is 5.56 Å². The fraction of sp³-hybridized carbons (Fsp3) is 0.100. The molecule has 0 aliphatic rings. The molecule has 0 atom stereocenters. The van der Waals surface area contributed by atoms with Gasteiger partial charge in [0.05, 0.1) is 18.1 Å². The van der Waals surface area contributed by atoms with Crippen LogP contribution in [-0.4, -0.2) is 27.9 Å². The largest absolute Gasteiger partial charge is 0.355 e. The zero-order valence-electron chi connectivity index (χ0n) is 8.21. The first-order valence-corrected chi connectivity index (χ1v) is 4.50. The minimum Gasteiger partial charge on any atom is -0.355 e. The number of nitrogens with one attached hydrogen (secondary N) is 1. The molecule has 0 saturated carbocycles. The number of hydrogen-bond acceptors (Lipinski definition) is 3. The maximum atomic E-state index is 11.3. The minimum atomic E-state index is -0.0971. The Morgan fingerprint density at radius 1 is 1.33 bits per heavy atom. The first-order chi connectivity index (χ1) is 7.31. The van der Waals surface area contributed by atoms with E-state index in [2.05, 4.69) is 15.6 Å². The van der Waals surface area contributed by atoms with Gasteiger partial charge in [-0.25, -0.2) is 4.68 Å². The fourth-order valence-electron chi connectivity index (χ4n) is 1.26. The second-order valence-corrected chi connectivity index (χ2v) is 2.97. The molecule has 1 N–H and O–H groups in total. The van der Waals surface area contributed by atoms with E-state index in [1.165, 1.54) is 0 Å². The van der Waals surface area contributed by atoms with E-state index >= 15 is 0 Å². The lowest BCUT2D eigenvalue weighted by Crippen LogP contribution is -2.17. The summed E-state index contributed by atoms with van der Waals surface area (Å²) in [6.07, 6.45) is 3.35. The average Bonchev–Trinajstić information content (AvgIpc) is 2.82. The second kappa shape index (κ2) is 3.91. The number of benzene rings is 1. The molecule has 5 heteroatoms. The zero-order chi connectivity index (χ0) is 10.7. The monoisotopic (exact) mass is 202 g/mol. The summed E-state index contributed by atoms with van der Waals surface area (Å²) in [7, 11) is 1.60. The predicted octanol–water partition coefficient (Wildman–Crippen LogP) is 0.627. The Bertz CT molecular complexity index is 447. The number of hydrogen-bond donors (Lipinski definition) is 1. The number of nitrogens with zero attached hydrogens (tertiary/aromatic N) is 3. The summed E-state index contributed by atoms with van der Waals surface area (Å²) in [4.78, 5) is 11.3. The van der Waals surface area contributed by atoms with Gasteiger partial charge in [0.15, 0.2) is 0 Å². The zero-order valence-corrected chi connectivity index (χ0v) is 8.21. The van der Waals surface area contributed by atoms with Gasteiger partial charge in [0.1, 0.15) is 0 Å². The van der Waals surface area contributed by atoms with Gasteiger partial charge in [0.2, 0.25) is 0 Å². The first kappa shape index (κ1) is 9.39. The molecule has 0 spiro atoms. The topological polar surface area (TPSA) is 59.8 Å². The van der Waals surface area contributed by atoms with Crippen molar-refractivity contribution in [1.29, 1.82) is 0 Å². The van der Waals surface area contributed by atoms with E-state index in [9.17, 15) is 4.79 Å². The van der Waals surface area contributed by atoms with Crippen molar-refractivity contribution in [3.63, 3.8) is 0 Å². The lowest BCUT2D eigenvalue weighted by molar-refractivity contribution is 0.0963. The molecule has 1 heterocycles. The van der Waals surface area contributed by atoms with Crippen LogP contribution in [0.2, 0.25) is 0 Å². The molecule has 0 saturated heterocycles. The number of rotatable bonds is 2. The highest BCUT2D eigenvalue weighted by molar-refractivity contribution is 5.94. The molecule has 0 fully saturated rings. The lowest BCUT2D eigenvalue weighted by atomic mass is 10.2. The molecule has 5 nitrogen and oxygen atoms in total. The highest BCUT2D eigenvalue weighted by atomic mass is 16.1. The molecule has 1 aromatic heterocycles. The standard InChI is InChI=1S/C10H10N4O/c1-11-10(15)8-2-4-9(5-3-8)14-7-6-12-13-14/h2-7H,1H3,(H,11,15). The van der Waals surface area contributed by atoms with Crippen LogP contribution in [0.1, 0.15) is 10.4 Å². The third kappa shape index (κ3) is 1.85. The molecular formula is C10H10N4O. The Kier molecular flexibility index (Phi) is 2.45. The number of amides is 1. The molecule has 0 aliphatic carbocycles. The maximum Gasteiger partial charge on any atom is 0.251 e. The van der Waals surface area contributed by atoms with Gasteiger partial charge in [-0.3, -0.25) is 4.79 Å². The normalized spacial score (nSPS) is 9.93. The van der Waals surface area contributed by atoms with Crippen LogP contribution in [0.5, 0.6) is 0 Å². The third-order valence-corrected chi connectivity index (χ3v) is 2.04. The van der Waals surface area contributed by atoms with Crippen molar-refractivity contribution in [1.82, 2.24) is 20.3 Å². The van der Waals surface area contributed by atoms with Crippen molar-refractivity contribution < 1.29 is 4.79 Å². The van der Waals surface area contributed by atoms with E-state index in [4.69, 9.17) is 0 Å². The van der Waals surface area contributed by atoms with Gasteiger partial charge in [0, 0.05) is 12.6 Å². The van der Waals surface area contributed by atoms with Gasteiger partial charge in [0.25, 0.3) is 5.91 Å². The van der Waals surface area contributed by atoms with Crippen LogP contribution < -0.4 is 5.32 Å². The van der Waals surface area contributed by atoms with Crippen LogP contribution in [0.4, 0.5) is 0 Å². The first-order valence-electron chi connectivity index (χ1n) is 4.50. The van der Waals surface area contributed by atoms with Crippen molar-refractivity contribution in [2.75, 3.05) is 7.05 Å². The van der Waals surface area contributed by atoms with Crippen LogP contribution in [0.15, 0.2) is 36.7 Å². The van der Waals surface area contributed by atoms with Crippen LogP contribution in [0.3, 0.4) is 0 Å². The third-order valence-electron chi connectivity index (χ3n) is 2.04. The van der Waals surface area contributed by atoms with Crippen molar-refractivity contribution in [3.05, 3.63) is 42.2 Å². The Morgan fingerprint density at radius 3 is 2.60 bits per heavy atom. The van der Waals surface area contributed by atoms with E-state index in [1.807, 2.05) is 12.1 Å². The summed E-state index contributed by atoms with van der Waals surface area (Å²) in [5.74, 6) is -0.0971. The summed E-state index contributed by atoms with van der Waals surface area (Å²) < 4.78 is 1.63. The Labute approximate surface area is 86.7 Å². The Balaban J connectivity index is 2.29. The number of carbonyl (C=O) groups excluding carboxylic acids is 1. The summed E-state index contributed by atoms with van der Waals surface area (Å²) in [5.41, 5.74) is 1.50. The molecule has 2 aromatic rings. The van der Waals surface area contributed by atoms with Gasteiger partial charge < -0.3 is 5.32 Å². The highest BCUT2D eigenvalue weighted by Crippen LogP contribution is 2.07. The Morgan fingerprint density at radius 2 is 2.07 bits per heavy atom. The number of carbonyl (C=O) groups is 1. The maximum absolute atomic E-state index is 11.3. The van der Waals surface area contributed by atoms with Crippen molar-refractivity contribution in [2.45, 2.75) is 0 Å². The van der Waals surface area contributed by atoms with Gasteiger partial charge in [-0.15, -0.1) is 5.10 Å². The van der Waals surface area contributed by atoms with E-state index in [0.717, 1.165) is 5.69 Å². The molecule has 1 aromatic carbocycles. The van der Waals surface area contributed by atoms with Crippen molar-refractivity contribution in [3.8, 4) is 5.69 Å². The smallest absolute Gasteiger partial charge is 0.251 e. The molecule has 15 heavy (non-hydrogen) atoms. The molecule has 1 amide bonds. The summed E-state index contributed by atoms with van der Waals surface area (Å²) >= 11 is 0. The Hall–Kier alpha value is -2.17. The van der Waals surface area contributed by atoms with Crippen molar-refractivity contribution >= 4 is 5.91 Å². The van der Waals surface area contributed by atoms with Gasteiger partial charge in [-0.2, -0.15) is 0 Å². The van der Waals surface area contributed by atoms with Gasteiger partial charge in [-0.05, 0) is 24.3 Å². The molecule has 76 valence electrons. The van der Waals surface area contributed by atoms with Gasteiger partial charge in [-0.1, -0.05) is 5.21 Å².